The number of carbonyl (C=O) groups is 1. The zero-order valence-corrected chi connectivity index (χ0v) is 9.82. The molecule has 1 N–H and O–H groups in total. The predicted octanol–water partition coefficient (Wildman–Crippen LogP) is 1.93. The van der Waals surface area contributed by atoms with Crippen LogP contribution in [-0.2, 0) is 10.9 Å². The van der Waals surface area contributed by atoms with Crippen LogP contribution in [0.2, 0.25) is 0 Å². The van der Waals surface area contributed by atoms with E-state index < -0.39 is 22.7 Å². The quantitative estimate of drug-likeness (QED) is 0.830. The minimum Gasteiger partial charge on any atom is -0.385 e. The number of hydrogen-bond donors (Lipinski definition) is 1. The molecule has 0 aromatic carbocycles. The van der Waals surface area contributed by atoms with Crippen molar-refractivity contribution in [1.29, 1.82) is 0 Å². The molecule has 96 valence electrons. The second-order valence-corrected chi connectivity index (χ2v) is 3.98. The predicted molar refractivity (Wildman–Crippen MR) is 55.9 cm³/mol. The van der Waals surface area contributed by atoms with Gasteiger partial charge in [0.15, 0.2) is 5.69 Å². The summed E-state index contributed by atoms with van der Waals surface area (Å²) in [6.07, 6.45) is -4.05. The molecule has 0 atom stereocenters. The lowest BCUT2D eigenvalue weighted by Gasteiger charge is -2.07. The minimum absolute atomic E-state index is 0.266. The van der Waals surface area contributed by atoms with Crippen molar-refractivity contribution in [3.63, 3.8) is 0 Å². The van der Waals surface area contributed by atoms with E-state index in [-0.39, 0.29) is 6.54 Å². The number of nitrogens with one attached hydrogen (secondary N) is 1. The number of carbonyl (C=O) groups excluding carboxylic acids is 1. The Labute approximate surface area is 99.8 Å². The molecule has 0 fully saturated rings. The number of thiazole rings is 1. The molecule has 0 bridgehead atoms. The summed E-state index contributed by atoms with van der Waals surface area (Å²) in [7, 11) is 1.51. The van der Waals surface area contributed by atoms with Gasteiger partial charge in [-0.15, -0.1) is 11.3 Å². The first-order valence-electron chi connectivity index (χ1n) is 4.74. The third-order valence-electron chi connectivity index (χ3n) is 1.85. The van der Waals surface area contributed by atoms with Crippen molar-refractivity contribution in [3.8, 4) is 0 Å². The van der Waals surface area contributed by atoms with Crippen LogP contribution in [0.4, 0.5) is 13.2 Å². The molecular weight excluding hydrogens is 257 g/mol. The number of hydrogen-bond acceptors (Lipinski definition) is 4. The molecule has 0 spiro atoms. The monoisotopic (exact) mass is 268 g/mol. The highest BCUT2D eigenvalue weighted by Gasteiger charge is 2.38. The standard InChI is InChI=1S/C9H11F3N2O2S/c1-16-4-2-3-13-8(15)6-7(9(10,11)12)14-5-17-6/h5H,2-4H2,1H3,(H,13,15). The van der Waals surface area contributed by atoms with Crippen LogP contribution in [0, 0.1) is 0 Å². The molecule has 0 saturated carbocycles. The molecule has 1 aromatic rings. The van der Waals surface area contributed by atoms with E-state index in [9.17, 15) is 18.0 Å². The first kappa shape index (κ1) is 13.9. The summed E-state index contributed by atoms with van der Waals surface area (Å²) in [5.41, 5.74) is -0.126. The van der Waals surface area contributed by atoms with E-state index in [1.807, 2.05) is 0 Å². The smallest absolute Gasteiger partial charge is 0.385 e. The third-order valence-corrected chi connectivity index (χ3v) is 2.68. The average Bonchev–Trinajstić information content (AvgIpc) is 2.72. The summed E-state index contributed by atoms with van der Waals surface area (Å²) in [5, 5.41) is 2.38. The molecule has 1 aromatic heterocycles. The van der Waals surface area contributed by atoms with Crippen molar-refractivity contribution in [1.82, 2.24) is 10.3 Å². The van der Waals surface area contributed by atoms with Gasteiger partial charge in [0.2, 0.25) is 0 Å². The Bertz CT molecular complexity index is 379. The molecule has 0 aliphatic heterocycles. The number of nitrogens with zero attached hydrogens (tertiary/aromatic N) is 1. The zero-order valence-electron chi connectivity index (χ0n) is 9.00. The lowest BCUT2D eigenvalue weighted by atomic mass is 10.3. The Hall–Kier alpha value is -1.15. The maximum atomic E-state index is 12.4. The molecule has 0 unspecified atom stereocenters. The Morgan fingerprint density at radius 3 is 2.88 bits per heavy atom. The first-order chi connectivity index (χ1) is 7.96. The number of rotatable bonds is 5. The highest BCUT2D eigenvalue weighted by atomic mass is 32.1. The highest BCUT2D eigenvalue weighted by Crippen LogP contribution is 2.32. The van der Waals surface area contributed by atoms with Crippen molar-refractivity contribution >= 4 is 17.2 Å². The lowest BCUT2D eigenvalue weighted by Crippen LogP contribution is -2.26. The zero-order chi connectivity index (χ0) is 12.9. The van der Waals surface area contributed by atoms with Crippen LogP contribution < -0.4 is 5.32 Å². The summed E-state index contributed by atoms with van der Waals surface area (Å²) < 4.78 is 42.0. The Morgan fingerprint density at radius 1 is 1.59 bits per heavy atom. The second-order valence-electron chi connectivity index (χ2n) is 3.13. The summed E-state index contributed by atoms with van der Waals surface area (Å²) >= 11 is 0.674. The van der Waals surface area contributed by atoms with E-state index in [4.69, 9.17) is 4.74 Å². The van der Waals surface area contributed by atoms with Crippen molar-refractivity contribution in [2.75, 3.05) is 20.3 Å². The molecule has 0 saturated heterocycles. The Balaban J connectivity index is 2.61. The van der Waals surface area contributed by atoms with Crippen LogP contribution in [-0.4, -0.2) is 31.2 Å². The molecular formula is C9H11F3N2O2S. The van der Waals surface area contributed by atoms with Gasteiger partial charge in [-0.3, -0.25) is 4.79 Å². The highest BCUT2D eigenvalue weighted by molar-refractivity contribution is 7.11. The maximum Gasteiger partial charge on any atom is 0.434 e. The number of aromatic nitrogens is 1. The molecule has 4 nitrogen and oxygen atoms in total. The molecule has 1 rings (SSSR count). The van der Waals surface area contributed by atoms with Gasteiger partial charge in [0.25, 0.3) is 5.91 Å². The van der Waals surface area contributed by atoms with Gasteiger partial charge >= 0.3 is 6.18 Å². The second kappa shape index (κ2) is 5.97. The summed E-state index contributed by atoms with van der Waals surface area (Å²) in [6.45, 7) is 0.705. The van der Waals surface area contributed by atoms with Gasteiger partial charge in [-0.1, -0.05) is 0 Å². The van der Waals surface area contributed by atoms with E-state index in [0.717, 1.165) is 5.51 Å². The van der Waals surface area contributed by atoms with Gasteiger partial charge in [-0.05, 0) is 6.42 Å². The third kappa shape index (κ3) is 3.97. The lowest BCUT2D eigenvalue weighted by molar-refractivity contribution is -0.141. The van der Waals surface area contributed by atoms with Crippen LogP contribution in [0.15, 0.2) is 5.51 Å². The summed E-state index contributed by atoms with van der Waals surface area (Å²) in [5.74, 6) is -0.754. The topological polar surface area (TPSA) is 51.2 Å². The van der Waals surface area contributed by atoms with E-state index in [1.54, 1.807) is 0 Å². The molecule has 8 heteroatoms. The van der Waals surface area contributed by atoms with Gasteiger partial charge in [0.05, 0.1) is 5.51 Å². The van der Waals surface area contributed by atoms with E-state index >= 15 is 0 Å². The van der Waals surface area contributed by atoms with Crippen LogP contribution in [0.5, 0.6) is 0 Å². The fourth-order valence-corrected chi connectivity index (χ4v) is 1.83. The van der Waals surface area contributed by atoms with Gasteiger partial charge in [0, 0.05) is 20.3 Å². The molecule has 17 heavy (non-hydrogen) atoms. The van der Waals surface area contributed by atoms with Crippen molar-refractivity contribution in [2.24, 2.45) is 0 Å². The molecule has 1 amide bonds. The average molecular weight is 268 g/mol. The van der Waals surface area contributed by atoms with Crippen molar-refractivity contribution in [2.45, 2.75) is 12.6 Å². The van der Waals surface area contributed by atoms with Gasteiger partial charge in [-0.2, -0.15) is 13.2 Å². The normalized spacial score (nSPS) is 11.5. The number of methoxy groups -OCH3 is 1. The fourth-order valence-electron chi connectivity index (χ4n) is 1.11. The summed E-state index contributed by atoms with van der Waals surface area (Å²) in [6, 6.07) is 0. The van der Waals surface area contributed by atoms with Gasteiger partial charge in [0.1, 0.15) is 4.88 Å². The number of halogens is 3. The van der Waals surface area contributed by atoms with E-state index in [2.05, 4.69) is 10.3 Å². The Morgan fingerprint density at radius 2 is 2.29 bits per heavy atom. The molecule has 0 aliphatic rings. The van der Waals surface area contributed by atoms with Crippen LogP contribution >= 0.6 is 11.3 Å². The van der Waals surface area contributed by atoms with Crippen LogP contribution in [0.1, 0.15) is 21.8 Å². The van der Waals surface area contributed by atoms with Gasteiger partial charge in [-0.25, -0.2) is 4.98 Å². The van der Waals surface area contributed by atoms with Gasteiger partial charge < -0.3 is 10.1 Å². The molecule has 1 heterocycles. The van der Waals surface area contributed by atoms with Crippen LogP contribution in [0.3, 0.4) is 0 Å². The van der Waals surface area contributed by atoms with Crippen molar-refractivity contribution < 1.29 is 22.7 Å². The SMILES string of the molecule is COCCCNC(=O)c1scnc1C(F)(F)F. The van der Waals surface area contributed by atoms with Crippen LogP contribution in [0.25, 0.3) is 0 Å². The van der Waals surface area contributed by atoms with Crippen molar-refractivity contribution in [3.05, 3.63) is 16.1 Å². The summed E-state index contributed by atoms with van der Waals surface area (Å²) in [4.78, 5) is 14.2. The van der Waals surface area contributed by atoms with E-state index in [0.29, 0.717) is 24.4 Å². The first-order valence-corrected chi connectivity index (χ1v) is 5.62. The fraction of sp³-hybridized carbons (Fsp3) is 0.556. The molecule has 0 radical (unpaired) electrons. The number of ether oxygens (including phenoxy) is 1. The Kier molecular flexibility index (Phi) is 4.88. The molecule has 0 aliphatic carbocycles. The largest absolute Gasteiger partial charge is 0.434 e. The number of amides is 1. The van der Waals surface area contributed by atoms with E-state index in [1.165, 1.54) is 7.11 Å². The minimum atomic E-state index is -4.60. The number of alkyl halides is 3. The maximum absolute atomic E-state index is 12.4.